The van der Waals surface area contributed by atoms with Gasteiger partial charge in [-0.15, -0.1) is 0 Å². The van der Waals surface area contributed by atoms with Crippen molar-refractivity contribution in [1.82, 2.24) is 25.2 Å². The summed E-state index contributed by atoms with van der Waals surface area (Å²) < 4.78 is 39.4. The second-order valence-corrected chi connectivity index (χ2v) is 5.62. The highest BCUT2D eigenvalue weighted by atomic mass is 19.4. The maximum Gasteiger partial charge on any atom is 0.401 e. The zero-order valence-corrected chi connectivity index (χ0v) is 13.8. The largest absolute Gasteiger partial charge is 0.401 e. The molecule has 1 atom stereocenters. The lowest BCUT2D eigenvalue weighted by Gasteiger charge is -2.29. The van der Waals surface area contributed by atoms with Crippen LogP contribution in [0.15, 0.2) is 41.5 Å². The summed E-state index contributed by atoms with van der Waals surface area (Å²) >= 11 is 0. The summed E-state index contributed by atoms with van der Waals surface area (Å²) in [4.78, 5) is 20.6. The van der Waals surface area contributed by atoms with Crippen LogP contribution in [0.1, 0.15) is 24.2 Å². The van der Waals surface area contributed by atoms with Crippen LogP contribution in [0.25, 0.3) is 6.08 Å². The number of aromatic nitrogens is 3. The van der Waals surface area contributed by atoms with Gasteiger partial charge in [-0.1, -0.05) is 0 Å². The molecule has 0 fully saturated rings. The van der Waals surface area contributed by atoms with Gasteiger partial charge in [-0.05, 0) is 24.6 Å². The molecule has 0 spiro atoms. The molecule has 3 rings (SSSR count). The Morgan fingerprint density at radius 2 is 2.15 bits per heavy atom. The van der Waals surface area contributed by atoms with E-state index >= 15 is 0 Å². The van der Waals surface area contributed by atoms with Crippen LogP contribution in [0.3, 0.4) is 0 Å². The van der Waals surface area contributed by atoms with E-state index in [0.29, 0.717) is 23.7 Å². The van der Waals surface area contributed by atoms with Crippen LogP contribution in [0.4, 0.5) is 19.0 Å². The first kappa shape index (κ1) is 17.9. The molecule has 0 radical (unpaired) electrons. The van der Waals surface area contributed by atoms with E-state index in [-0.39, 0.29) is 11.1 Å². The van der Waals surface area contributed by atoms with Crippen molar-refractivity contribution in [3.05, 3.63) is 58.2 Å². The van der Waals surface area contributed by atoms with Gasteiger partial charge < -0.3 is 15.2 Å². The quantitative estimate of drug-likeness (QED) is 0.749. The zero-order valence-electron chi connectivity index (χ0n) is 13.8. The van der Waals surface area contributed by atoms with Crippen LogP contribution in [0.2, 0.25) is 0 Å². The molecule has 2 aromatic rings. The number of nitrogens with one attached hydrogen (secondary N) is 3. The van der Waals surface area contributed by atoms with E-state index in [4.69, 9.17) is 0 Å². The van der Waals surface area contributed by atoms with Gasteiger partial charge in [0.15, 0.2) is 0 Å². The van der Waals surface area contributed by atoms with Gasteiger partial charge in [0.05, 0.1) is 18.3 Å². The van der Waals surface area contributed by atoms with Gasteiger partial charge in [-0.25, -0.2) is 4.98 Å². The van der Waals surface area contributed by atoms with Crippen LogP contribution in [-0.4, -0.2) is 27.3 Å². The van der Waals surface area contributed by atoms with Crippen molar-refractivity contribution in [2.24, 2.45) is 0 Å². The summed E-state index contributed by atoms with van der Waals surface area (Å²) in [5.74, 6) is 0.831. The standard InChI is InChI=1S/C16H17F3N6O/c1-2-25-6-3-10-7-11(23-12-8-20-4-5-21-12)24-14(13(10)15(25)26)22-9-16(17,18)19/h3-8,14,22,24H,2,9H2,1H3,(H,21,23). The topological polar surface area (TPSA) is 83.9 Å². The fourth-order valence-corrected chi connectivity index (χ4v) is 2.64. The molecular weight excluding hydrogens is 349 g/mol. The highest BCUT2D eigenvalue weighted by Crippen LogP contribution is 2.23. The number of anilines is 1. The van der Waals surface area contributed by atoms with Crippen molar-refractivity contribution < 1.29 is 13.2 Å². The number of rotatable bonds is 5. The highest BCUT2D eigenvalue weighted by molar-refractivity contribution is 5.62. The molecule has 3 heterocycles. The minimum Gasteiger partial charge on any atom is -0.352 e. The lowest BCUT2D eigenvalue weighted by molar-refractivity contribution is -0.126. The highest BCUT2D eigenvalue weighted by Gasteiger charge is 2.31. The molecule has 3 N–H and O–H groups in total. The number of hydrogen-bond acceptors (Lipinski definition) is 6. The molecule has 0 saturated heterocycles. The summed E-state index contributed by atoms with van der Waals surface area (Å²) in [6, 6.07) is 1.70. The van der Waals surface area contributed by atoms with Crippen molar-refractivity contribution in [2.75, 3.05) is 11.9 Å². The second kappa shape index (κ2) is 7.16. The Morgan fingerprint density at radius 1 is 1.35 bits per heavy atom. The third kappa shape index (κ3) is 4.02. The Balaban J connectivity index is 1.95. The lowest BCUT2D eigenvalue weighted by atomic mass is 10.0. The molecule has 2 aromatic heterocycles. The number of nitrogens with zero attached hydrogens (tertiary/aromatic N) is 3. The van der Waals surface area contributed by atoms with Crippen LogP contribution in [0, 0.1) is 0 Å². The van der Waals surface area contributed by atoms with E-state index < -0.39 is 18.9 Å². The van der Waals surface area contributed by atoms with Crippen molar-refractivity contribution >= 4 is 11.9 Å². The maximum atomic E-state index is 12.7. The minimum atomic E-state index is -4.40. The normalized spacial score (nSPS) is 16.5. The number of fused-ring (bicyclic) bond motifs is 1. The van der Waals surface area contributed by atoms with Crippen molar-refractivity contribution in [3.63, 3.8) is 0 Å². The molecule has 0 amide bonds. The van der Waals surface area contributed by atoms with Gasteiger partial charge in [0.25, 0.3) is 5.56 Å². The van der Waals surface area contributed by atoms with Gasteiger partial charge in [-0.2, -0.15) is 13.2 Å². The minimum absolute atomic E-state index is 0.239. The average molecular weight is 366 g/mol. The third-order valence-electron chi connectivity index (χ3n) is 3.80. The summed E-state index contributed by atoms with van der Waals surface area (Å²) in [6.45, 7) is 0.981. The molecule has 1 aliphatic heterocycles. The number of hydrogen-bond donors (Lipinski definition) is 3. The molecule has 10 heteroatoms. The first-order valence-corrected chi connectivity index (χ1v) is 7.92. The van der Waals surface area contributed by atoms with Crippen molar-refractivity contribution in [2.45, 2.75) is 25.8 Å². The Bertz CT molecular complexity index is 863. The van der Waals surface area contributed by atoms with Gasteiger partial charge in [0, 0.05) is 25.1 Å². The van der Waals surface area contributed by atoms with Crippen LogP contribution in [0.5, 0.6) is 0 Å². The monoisotopic (exact) mass is 366 g/mol. The van der Waals surface area contributed by atoms with Crippen LogP contribution in [-0.2, 0) is 6.54 Å². The van der Waals surface area contributed by atoms with Crippen molar-refractivity contribution in [1.29, 1.82) is 0 Å². The Hall–Kier alpha value is -2.88. The maximum absolute atomic E-state index is 12.7. The SMILES string of the molecule is CCn1ccc2c(c1=O)C(NCC(F)(F)F)NC(Nc1cnccn1)=C2. The molecule has 0 aliphatic carbocycles. The molecule has 1 aliphatic rings. The molecule has 1 unspecified atom stereocenters. The number of alkyl halides is 3. The fourth-order valence-electron chi connectivity index (χ4n) is 2.64. The van der Waals surface area contributed by atoms with E-state index in [2.05, 4.69) is 25.9 Å². The van der Waals surface area contributed by atoms with E-state index in [9.17, 15) is 18.0 Å². The number of halogens is 3. The Morgan fingerprint density at radius 3 is 2.81 bits per heavy atom. The van der Waals surface area contributed by atoms with E-state index in [1.807, 2.05) is 0 Å². The van der Waals surface area contributed by atoms with Gasteiger partial charge >= 0.3 is 6.18 Å². The van der Waals surface area contributed by atoms with E-state index in [1.54, 1.807) is 25.3 Å². The molecule has 26 heavy (non-hydrogen) atoms. The molecule has 7 nitrogen and oxygen atoms in total. The van der Waals surface area contributed by atoms with Gasteiger partial charge in [0.1, 0.15) is 17.8 Å². The summed E-state index contributed by atoms with van der Waals surface area (Å²) in [6.07, 6.45) is 2.33. The summed E-state index contributed by atoms with van der Waals surface area (Å²) in [7, 11) is 0. The predicted octanol–water partition coefficient (Wildman–Crippen LogP) is 1.82. The molecular formula is C16H17F3N6O. The van der Waals surface area contributed by atoms with Crippen LogP contribution >= 0.6 is 0 Å². The third-order valence-corrected chi connectivity index (χ3v) is 3.80. The smallest absolute Gasteiger partial charge is 0.352 e. The average Bonchev–Trinajstić information content (AvgIpc) is 2.60. The predicted molar refractivity (Wildman–Crippen MR) is 89.9 cm³/mol. The lowest BCUT2D eigenvalue weighted by Crippen LogP contribution is -2.45. The number of pyridine rings is 1. The first-order valence-electron chi connectivity index (χ1n) is 7.92. The van der Waals surface area contributed by atoms with Gasteiger partial charge in [-0.3, -0.25) is 15.1 Å². The van der Waals surface area contributed by atoms with E-state index in [1.165, 1.54) is 23.2 Å². The molecule has 0 aromatic carbocycles. The summed E-state index contributed by atoms with van der Waals surface area (Å²) in [5, 5.41) is 8.18. The Labute approximate surface area is 147 Å². The zero-order chi connectivity index (χ0) is 18.7. The summed E-state index contributed by atoms with van der Waals surface area (Å²) in [5.41, 5.74) is 0.430. The van der Waals surface area contributed by atoms with E-state index in [0.717, 1.165) is 0 Å². The molecule has 0 saturated carbocycles. The molecule has 138 valence electrons. The molecule has 0 bridgehead atoms. The van der Waals surface area contributed by atoms with Crippen molar-refractivity contribution in [3.8, 4) is 0 Å². The fraction of sp³-hybridized carbons (Fsp3) is 0.312. The first-order chi connectivity index (χ1) is 12.4. The number of aryl methyl sites for hydroxylation is 1. The van der Waals surface area contributed by atoms with Crippen LogP contribution < -0.4 is 21.5 Å². The Kier molecular flexibility index (Phi) is 4.94. The second-order valence-electron chi connectivity index (χ2n) is 5.62. The van der Waals surface area contributed by atoms with Gasteiger partial charge in [0.2, 0.25) is 0 Å².